The normalized spacial score (nSPS) is 14.2. The zero-order chi connectivity index (χ0) is 13.1. The third-order valence-corrected chi connectivity index (χ3v) is 3.69. The first-order chi connectivity index (χ1) is 8.63. The number of nitrogens with two attached hydrogens (primary N) is 1. The Hall–Kier alpha value is -1.09. The minimum Gasteiger partial charge on any atom is -0.396 e. The van der Waals surface area contributed by atoms with Gasteiger partial charge in [-0.15, -0.1) is 12.4 Å². The lowest BCUT2D eigenvalue weighted by Crippen LogP contribution is -2.28. The van der Waals surface area contributed by atoms with Crippen molar-refractivity contribution in [3.8, 4) is 0 Å². The smallest absolute Gasteiger partial charge is 0.0479 e. The van der Waals surface area contributed by atoms with E-state index in [9.17, 15) is 5.11 Å². The summed E-state index contributed by atoms with van der Waals surface area (Å²) >= 11 is 0. The maximum Gasteiger partial charge on any atom is 0.0479 e. The number of halogens is 1. The molecule has 0 saturated carbocycles. The maximum atomic E-state index is 9.46. The van der Waals surface area contributed by atoms with E-state index in [0.29, 0.717) is 5.92 Å². The zero-order valence-corrected chi connectivity index (χ0v) is 12.2. The lowest BCUT2D eigenvalue weighted by molar-refractivity contribution is 0.166. The summed E-state index contributed by atoms with van der Waals surface area (Å²) in [5, 5.41) is 11.9. The molecule has 0 radical (unpaired) electrons. The predicted molar refractivity (Wildman–Crippen MR) is 83.5 cm³/mol. The van der Waals surface area contributed by atoms with E-state index in [4.69, 9.17) is 5.73 Å². The van der Waals surface area contributed by atoms with Gasteiger partial charge in [0.2, 0.25) is 0 Å². The van der Waals surface area contributed by atoms with Crippen molar-refractivity contribution in [2.75, 3.05) is 6.61 Å². The van der Waals surface area contributed by atoms with Gasteiger partial charge in [-0.05, 0) is 28.3 Å². The van der Waals surface area contributed by atoms with E-state index in [1.807, 2.05) is 12.1 Å². The van der Waals surface area contributed by atoms with Gasteiger partial charge < -0.3 is 10.8 Å². The highest BCUT2D eigenvalue weighted by atomic mass is 35.5. The molecule has 0 aliphatic rings. The number of hydrogen-bond donors (Lipinski definition) is 2. The van der Waals surface area contributed by atoms with E-state index in [1.165, 1.54) is 10.8 Å². The molecule has 3 N–H and O–H groups in total. The van der Waals surface area contributed by atoms with E-state index in [0.717, 1.165) is 5.56 Å². The van der Waals surface area contributed by atoms with E-state index in [1.54, 1.807) is 0 Å². The topological polar surface area (TPSA) is 46.2 Å². The lowest BCUT2D eigenvalue weighted by Gasteiger charge is -2.26. The molecular formula is C16H22ClNO. The highest BCUT2D eigenvalue weighted by Crippen LogP contribution is 2.27. The quantitative estimate of drug-likeness (QED) is 0.899. The molecular weight excluding hydrogens is 258 g/mol. The number of benzene rings is 2. The Bertz CT molecular complexity index is 527. The van der Waals surface area contributed by atoms with Crippen LogP contribution in [-0.2, 0) is 0 Å². The monoisotopic (exact) mass is 279 g/mol. The van der Waals surface area contributed by atoms with E-state index >= 15 is 0 Å². The van der Waals surface area contributed by atoms with Crippen LogP contribution in [0.15, 0.2) is 42.5 Å². The molecule has 2 aromatic carbocycles. The van der Waals surface area contributed by atoms with Crippen molar-refractivity contribution in [3.05, 3.63) is 48.0 Å². The Morgan fingerprint density at radius 1 is 1.05 bits per heavy atom. The SMILES string of the molecule is CC(C)[C@H](CO)[C@H](N)c1ccc2ccccc2c1.Cl. The second-order valence-electron chi connectivity index (χ2n) is 5.22. The minimum absolute atomic E-state index is 0. The maximum absolute atomic E-state index is 9.46. The van der Waals surface area contributed by atoms with Crippen molar-refractivity contribution in [2.24, 2.45) is 17.6 Å². The number of aliphatic hydroxyl groups excluding tert-OH is 1. The molecule has 2 aromatic rings. The van der Waals surface area contributed by atoms with Crippen molar-refractivity contribution >= 4 is 23.2 Å². The predicted octanol–water partition coefficient (Wildman–Crippen LogP) is 3.53. The van der Waals surface area contributed by atoms with Gasteiger partial charge in [0.05, 0.1) is 0 Å². The van der Waals surface area contributed by atoms with Gasteiger partial charge in [-0.2, -0.15) is 0 Å². The molecule has 0 aliphatic heterocycles. The molecule has 0 fully saturated rings. The summed E-state index contributed by atoms with van der Waals surface area (Å²) in [5.41, 5.74) is 7.38. The molecule has 0 unspecified atom stereocenters. The summed E-state index contributed by atoms with van der Waals surface area (Å²) < 4.78 is 0. The summed E-state index contributed by atoms with van der Waals surface area (Å²) in [5.74, 6) is 0.475. The zero-order valence-electron chi connectivity index (χ0n) is 11.4. The first-order valence-electron chi connectivity index (χ1n) is 6.48. The van der Waals surface area contributed by atoms with E-state index in [-0.39, 0.29) is 31.0 Å². The number of rotatable bonds is 4. The first kappa shape index (κ1) is 16.0. The van der Waals surface area contributed by atoms with Gasteiger partial charge in [0.1, 0.15) is 0 Å². The van der Waals surface area contributed by atoms with Crippen LogP contribution in [0.3, 0.4) is 0 Å². The van der Waals surface area contributed by atoms with Crippen molar-refractivity contribution in [1.82, 2.24) is 0 Å². The van der Waals surface area contributed by atoms with Crippen LogP contribution in [0.4, 0.5) is 0 Å². The molecule has 0 saturated heterocycles. The van der Waals surface area contributed by atoms with Crippen molar-refractivity contribution in [1.29, 1.82) is 0 Å². The minimum atomic E-state index is -0.111. The van der Waals surface area contributed by atoms with Crippen molar-refractivity contribution < 1.29 is 5.11 Å². The molecule has 2 nitrogen and oxygen atoms in total. The van der Waals surface area contributed by atoms with Gasteiger partial charge in [0, 0.05) is 18.6 Å². The second-order valence-corrected chi connectivity index (χ2v) is 5.22. The van der Waals surface area contributed by atoms with Gasteiger partial charge in [0.25, 0.3) is 0 Å². The van der Waals surface area contributed by atoms with Gasteiger partial charge in [0.15, 0.2) is 0 Å². The molecule has 2 rings (SSSR count). The number of hydrogen-bond acceptors (Lipinski definition) is 2. The van der Waals surface area contributed by atoms with Gasteiger partial charge in [-0.25, -0.2) is 0 Å². The van der Waals surface area contributed by atoms with Crippen molar-refractivity contribution in [3.63, 3.8) is 0 Å². The fraction of sp³-hybridized carbons (Fsp3) is 0.375. The van der Waals surface area contributed by atoms with Gasteiger partial charge in [-0.3, -0.25) is 0 Å². The molecule has 0 aliphatic carbocycles. The summed E-state index contributed by atoms with van der Waals surface area (Å²) in [6, 6.07) is 14.4. The molecule has 2 atom stereocenters. The standard InChI is InChI=1S/C16H21NO.ClH/c1-11(2)15(10-18)16(17)14-8-7-12-5-3-4-6-13(12)9-14;/h3-9,11,15-16,18H,10,17H2,1-2H3;1H/t15-,16+;/m0./s1. The van der Waals surface area contributed by atoms with Crippen LogP contribution >= 0.6 is 12.4 Å². The summed E-state index contributed by atoms with van der Waals surface area (Å²) in [6.07, 6.45) is 0. The highest BCUT2D eigenvalue weighted by molar-refractivity contribution is 5.85. The van der Waals surface area contributed by atoms with Crippen LogP contribution in [0.2, 0.25) is 0 Å². The van der Waals surface area contributed by atoms with E-state index in [2.05, 4.69) is 44.2 Å². The molecule has 104 valence electrons. The van der Waals surface area contributed by atoms with Crippen LogP contribution < -0.4 is 5.73 Å². The third-order valence-electron chi connectivity index (χ3n) is 3.69. The van der Waals surface area contributed by atoms with Crippen LogP contribution in [0.1, 0.15) is 25.5 Å². The Morgan fingerprint density at radius 2 is 1.68 bits per heavy atom. The van der Waals surface area contributed by atoms with Gasteiger partial charge >= 0.3 is 0 Å². The Morgan fingerprint density at radius 3 is 2.26 bits per heavy atom. The Labute approximate surface area is 121 Å². The fourth-order valence-corrected chi connectivity index (χ4v) is 2.40. The molecule has 3 heteroatoms. The number of fused-ring (bicyclic) bond motifs is 1. The third kappa shape index (κ3) is 3.47. The van der Waals surface area contributed by atoms with Crippen LogP contribution in [0.25, 0.3) is 10.8 Å². The molecule has 0 amide bonds. The lowest BCUT2D eigenvalue weighted by atomic mass is 9.85. The molecule has 0 spiro atoms. The van der Waals surface area contributed by atoms with Crippen LogP contribution in [0.5, 0.6) is 0 Å². The first-order valence-corrected chi connectivity index (χ1v) is 6.48. The average Bonchev–Trinajstić information content (AvgIpc) is 2.38. The average molecular weight is 280 g/mol. The summed E-state index contributed by atoms with van der Waals surface area (Å²) in [7, 11) is 0. The van der Waals surface area contributed by atoms with Gasteiger partial charge in [-0.1, -0.05) is 50.2 Å². The van der Waals surface area contributed by atoms with Crippen LogP contribution in [-0.4, -0.2) is 11.7 Å². The Kier molecular flexibility index (Phi) is 5.80. The molecule has 0 aromatic heterocycles. The highest BCUT2D eigenvalue weighted by Gasteiger charge is 2.22. The summed E-state index contributed by atoms with van der Waals surface area (Å²) in [6.45, 7) is 4.33. The molecule has 0 bridgehead atoms. The number of aliphatic hydroxyl groups is 1. The largest absolute Gasteiger partial charge is 0.396 e. The fourth-order valence-electron chi connectivity index (χ4n) is 2.40. The Balaban J connectivity index is 0.00000180. The van der Waals surface area contributed by atoms with Crippen LogP contribution in [0, 0.1) is 11.8 Å². The molecule has 19 heavy (non-hydrogen) atoms. The van der Waals surface area contributed by atoms with E-state index < -0.39 is 0 Å². The van der Waals surface area contributed by atoms with Crippen molar-refractivity contribution in [2.45, 2.75) is 19.9 Å². The second kappa shape index (κ2) is 6.90. The summed E-state index contributed by atoms with van der Waals surface area (Å²) in [4.78, 5) is 0. The molecule has 0 heterocycles.